The number of amides is 2. The molecular weight excluding hydrogens is 323 g/mol. The van der Waals surface area contributed by atoms with Crippen molar-refractivity contribution in [2.24, 2.45) is 0 Å². The average Bonchev–Trinajstić information content (AvgIpc) is 3.37. The molecule has 2 aliphatic heterocycles. The summed E-state index contributed by atoms with van der Waals surface area (Å²) in [5.41, 5.74) is -0.663. The van der Waals surface area contributed by atoms with Crippen LogP contribution in [0.4, 0.5) is 4.39 Å². The third-order valence-corrected chi connectivity index (χ3v) is 5.60. The molecule has 0 N–H and O–H groups in total. The van der Waals surface area contributed by atoms with Crippen molar-refractivity contribution in [3.63, 3.8) is 0 Å². The maximum atomic E-state index is 13.1. The zero-order valence-electron chi connectivity index (χ0n) is 14.2. The first kappa shape index (κ1) is 16.4. The SMILES string of the molecule is O=C(COc1ccc(F)cc1)N1CCCC12CCCN(C1CC1)C2=O. The molecule has 25 heavy (non-hydrogen) atoms. The monoisotopic (exact) mass is 346 g/mol. The van der Waals surface area contributed by atoms with Crippen molar-refractivity contribution in [1.29, 1.82) is 0 Å². The predicted octanol–water partition coefficient (Wildman–Crippen LogP) is 2.35. The van der Waals surface area contributed by atoms with Gasteiger partial charge in [-0.25, -0.2) is 4.39 Å². The van der Waals surface area contributed by atoms with Gasteiger partial charge in [0.2, 0.25) is 5.91 Å². The van der Waals surface area contributed by atoms with Crippen molar-refractivity contribution in [1.82, 2.24) is 9.80 Å². The molecule has 1 saturated carbocycles. The standard InChI is InChI=1S/C19H23FN2O3/c20-14-3-7-16(8-4-14)25-13-17(23)22-12-2-10-19(22)9-1-11-21(18(19)24)15-5-6-15/h3-4,7-8,15H,1-2,5-6,9-13H2. The van der Waals surface area contributed by atoms with E-state index in [0.717, 1.165) is 45.1 Å². The highest BCUT2D eigenvalue weighted by Gasteiger charge is 2.54. The third kappa shape index (κ3) is 2.98. The second kappa shape index (κ2) is 6.32. The lowest BCUT2D eigenvalue weighted by Gasteiger charge is -2.44. The summed E-state index contributed by atoms with van der Waals surface area (Å²) in [4.78, 5) is 29.6. The van der Waals surface area contributed by atoms with E-state index in [1.54, 1.807) is 4.90 Å². The van der Waals surface area contributed by atoms with Gasteiger partial charge in [0.15, 0.2) is 6.61 Å². The van der Waals surface area contributed by atoms with Crippen LogP contribution in [0.3, 0.4) is 0 Å². The number of hydrogen-bond donors (Lipinski definition) is 0. The van der Waals surface area contributed by atoms with E-state index >= 15 is 0 Å². The number of hydrogen-bond acceptors (Lipinski definition) is 3. The number of ether oxygens (including phenoxy) is 1. The van der Waals surface area contributed by atoms with Gasteiger partial charge < -0.3 is 14.5 Å². The van der Waals surface area contributed by atoms with Crippen LogP contribution in [-0.4, -0.2) is 52.9 Å². The molecular formula is C19H23FN2O3. The van der Waals surface area contributed by atoms with Gasteiger partial charge in [0, 0.05) is 19.1 Å². The Kier molecular flexibility index (Phi) is 4.13. The molecule has 2 heterocycles. The first-order valence-electron chi connectivity index (χ1n) is 9.10. The molecule has 1 aromatic rings. The first-order chi connectivity index (χ1) is 12.1. The van der Waals surface area contributed by atoms with Crippen LogP contribution in [0.2, 0.25) is 0 Å². The lowest BCUT2D eigenvalue weighted by molar-refractivity contribution is -0.156. The highest BCUT2D eigenvalue weighted by molar-refractivity contribution is 5.93. The number of likely N-dealkylation sites (tertiary alicyclic amines) is 2. The molecule has 0 bridgehead atoms. The summed E-state index contributed by atoms with van der Waals surface area (Å²) in [5.74, 6) is 0.0874. The largest absolute Gasteiger partial charge is 0.484 e. The zero-order chi connectivity index (χ0) is 17.4. The summed E-state index contributed by atoms with van der Waals surface area (Å²) in [6.07, 6.45) is 5.47. The molecule has 1 aromatic carbocycles. The van der Waals surface area contributed by atoms with E-state index in [9.17, 15) is 14.0 Å². The molecule has 0 radical (unpaired) electrons. The molecule has 4 rings (SSSR count). The van der Waals surface area contributed by atoms with Gasteiger partial charge in [-0.2, -0.15) is 0 Å². The summed E-state index contributed by atoms with van der Waals surface area (Å²) in [7, 11) is 0. The average molecular weight is 346 g/mol. The van der Waals surface area contributed by atoms with Gasteiger partial charge in [0.25, 0.3) is 5.91 Å². The summed E-state index contributed by atoms with van der Waals surface area (Å²) in [6, 6.07) is 5.99. The van der Waals surface area contributed by atoms with Crippen molar-refractivity contribution < 1.29 is 18.7 Å². The van der Waals surface area contributed by atoms with Gasteiger partial charge >= 0.3 is 0 Å². The Morgan fingerprint density at radius 3 is 2.52 bits per heavy atom. The Morgan fingerprint density at radius 1 is 1.16 bits per heavy atom. The molecule has 2 amide bonds. The van der Waals surface area contributed by atoms with E-state index in [1.807, 2.05) is 4.90 Å². The van der Waals surface area contributed by atoms with Crippen LogP contribution in [0.5, 0.6) is 5.75 Å². The molecule has 0 aromatic heterocycles. The molecule has 3 aliphatic rings. The van der Waals surface area contributed by atoms with Crippen LogP contribution in [0.25, 0.3) is 0 Å². The number of nitrogens with zero attached hydrogens (tertiary/aromatic N) is 2. The second-order valence-corrected chi connectivity index (χ2v) is 7.26. The van der Waals surface area contributed by atoms with Crippen LogP contribution in [0.1, 0.15) is 38.5 Å². The minimum atomic E-state index is -0.663. The first-order valence-corrected chi connectivity index (χ1v) is 9.10. The highest BCUT2D eigenvalue weighted by atomic mass is 19.1. The maximum Gasteiger partial charge on any atom is 0.261 e. The van der Waals surface area contributed by atoms with Crippen molar-refractivity contribution in [3.8, 4) is 5.75 Å². The van der Waals surface area contributed by atoms with Gasteiger partial charge in [0.05, 0.1) is 0 Å². The zero-order valence-corrected chi connectivity index (χ0v) is 14.2. The van der Waals surface area contributed by atoms with E-state index in [1.165, 1.54) is 24.3 Å². The summed E-state index contributed by atoms with van der Waals surface area (Å²) in [6.45, 7) is 1.30. The van der Waals surface area contributed by atoms with Gasteiger partial charge in [-0.15, -0.1) is 0 Å². The molecule has 3 fully saturated rings. The van der Waals surface area contributed by atoms with E-state index in [0.29, 0.717) is 18.3 Å². The van der Waals surface area contributed by atoms with Crippen LogP contribution < -0.4 is 4.74 Å². The lowest BCUT2D eigenvalue weighted by Crippen LogP contribution is -2.62. The fraction of sp³-hybridized carbons (Fsp3) is 0.579. The fourth-order valence-electron chi connectivity index (χ4n) is 4.23. The second-order valence-electron chi connectivity index (χ2n) is 7.26. The van der Waals surface area contributed by atoms with Crippen LogP contribution >= 0.6 is 0 Å². The normalized spacial score (nSPS) is 26.4. The fourth-order valence-corrected chi connectivity index (χ4v) is 4.23. The molecule has 6 heteroatoms. The molecule has 1 aliphatic carbocycles. The summed E-state index contributed by atoms with van der Waals surface area (Å²) < 4.78 is 18.5. The van der Waals surface area contributed by atoms with E-state index in [2.05, 4.69) is 0 Å². The molecule has 1 atom stereocenters. The van der Waals surface area contributed by atoms with E-state index < -0.39 is 5.54 Å². The van der Waals surface area contributed by atoms with E-state index in [-0.39, 0.29) is 24.2 Å². The minimum absolute atomic E-state index is 0.121. The van der Waals surface area contributed by atoms with Gasteiger partial charge in [-0.05, 0) is 62.8 Å². The Balaban J connectivity index is 1.45. The highest BCUT2D eigenvalue weighted by Crippen LogP contribution is 2.41. The van der Waals surface area contributed by atoms with Crippen molar-refractivity contribution in [3.05, 3.63) is 30.1 Å². The Hall–Kier alpha value is -2.11. The van der Waals surface area contributed by atoms with Crippen molar-refractivity contribution >= 4 is 11.8 Å². The Bertz CT molecular complexity index is 674. The van der Waals surface area contributed by atoms with Crippen molar-refractivity contribution in [2.75, 3.05) is 19.7 Å². The van der Waals surface area contributed by atoms with Crippen molar-refractivity contribution in [2.45, 2.75) is 50.1 Å². The number of piperidine rings is 1. The van der Waals surface area contributed by atoms with Crippen LogP contribution in [0, 0.1) is 5.82 Å². The van der Waals surface area contributed by atoms with Crippen LogP contribution in [0.15, 0.2) is 24.3 Å². The molecule has 1 unspecified atom stereocenters. The quantitative estimate of drug-likeness (QED) is 0.841. The molecule has 2 saturated heterocycles. The number of carbonyl (C=O) groups is 2. The molecule has 5 nitrogen and oxygen atoms in total. The number of carbonyl (C=O) groups excluding carboxylic acids is 2. The number of halogens is 1. The minimum Gasteiger partial charge on any atom is -0.484 e. The van der Waals surface area contributed by atoms with Gasteiger partial charge in [0.1, 0.15) is 17.1 Å². The smallest absolute Gasteiger partial charge is 0.261 e. The number of benzene rings is 1. The number of rotatable bonds is 4. The topological polar surface area (TPSA) is 49.9 Å². The third-order valence-electron chi connectivity index (χ3n) is 5.60. The Labute approximate surface area is 146 Å². The van der Waals surface area contributed by atoms with E-state index in [4.69, 9.17) is 4.74 Å². The van der Waals surface area contributed by atoms with Gasteiger partial charge in [-0.3, -0.25) is 9.59 Å². The summed E-state index contributed by atoms with van der Waals surface area (Å²) >= 11 is 0. The maximum absolute atomic E-state index is 13.1. The predicted molar refractivity (Wildman–Crippen MR) is 89.5 cm³/mol. The summed E-state index contributed by atoms with van der Waals surface area (Å²) in [5, 5.41) is 0. The Morgan fingerprint density at radius 2 is 1.84 bits per heavy atom. The van der Waals surface area contributed by atoms with Crippen LogP contribution in [-0.2, 0) is 9.59 Å². The molecule has 1 spiro atoms. The lowest BCUT2D eigenvalue weighted by atomic mass is 9.85. The van der Waals surface area contributed by atoms with Gasteiger partial charge in [-0.1, -0.05) is 0 Å². The molecule has 134 valence electrons.